The van der Waals surface area contributed by atoms with Crippen LogP contribution >= 0.6 is 0 Å². The molecule has 0 amide bonds. The summed E-state index contributed by atoms with van der Waals surface area (Å²) in [5.41, 5.74) is 0.473. The fourth-order valence-electron chi connectivity index (χ4n) is 1.02. The Hall–Kier alpha value is -1.80. The molecule has 0 N–H and O–H groups in total. The van der Waals surface area contributed by atoms with Crippen LogP contribution in [0.3, 0.4) is 0 Å². The summed E-state index contributed by atoms with van der Waals surface area (Å²) in [6.45, 7) is -0.117. The van der Waals surface area contributed by atoms with Gasteiger partial charge in [-0.3, -0.25) is 19.1 Å². The normalized spacial score (nSPS) is 11.8. The molecule has 8 heteroatoms. The maximum atomic E-state index is 10.9. The number of hydrogen-bond donors (Lipinski definition) is 0. The molecule has 0 fully saturated rings. The molecule has 17 heavy (non-hydrogen) atoms. The van der Waals surface area contributed by atoms with E-state index in [9.17, 15) is 23.7 Å². The van der Waals surface area contributed by atoms with Crippen molar-refractivity contribution in [2.24, 2.45) is 0 Å². The number of carbonyl (C=O) groups excluding carboxylic acids is 1. The van der Waals surface area contributed by atoms with Gasteiger partial charge >= 0.3 is 5.97 Å². The van der Waals surface area contributed by atoms with Crippen molar-refractivity contribution in [3.8, 4) is 0 Å². The minimum Gasteiger partial charge on any atom is -0.772 e. The summed E-state index contributed by atoms with van der Waals surface area (Å²) in [6.07, 6.45) is 0. The average Bonchev–Trinajstić information content (AvgIpc) is 2.26. The fraction of sp³-hybridized carbons (Fsp3) is 0.222. The number of rotatable bonds is 5. The number of benzene rings is 1. The van der Waals surface area contributed by atoms with Crippen LogP contribution in [0.25, 0.3) is 0 Å². The molecule has 0 bridgehead atoms. The van der Waals surface area contributed by atoms with Crippen molar-refractivity contribution in [3.63, 3.8) is 0 Å². The van der Waals surface area contributed by atoms with Gasteiger partial charge < -0.3 is 9.29 Å². The van der Waals surface area contributed by atoms with Crippen LogP contribution in [0.2, 0.25) is 0 Å². The molecule has 0 heterocycles. The summed E-state index contributed by atoms with van der Waals surface area (Å²) < 4.78 is 25.0. The van der Waals surface area contributed by atoms with Crippen LogP contribution in [0.1, 0.15) is 5.56 Å². The van der Waals surface area contributed by atoms with Gasteiger partial charge in [-0.1, -0.05) is 0 Å². The molecule has 7 nitrogen and oxygen atoms in total. The number of nitrogens with zero attached hydrogens (tertiary/aromatic N) is 1. The maximum Gasteiger partial charge on any atom is 0.317 e. The minimum atomic E-state index is -2.48. The Kier molecular flexibility index (Phi) is 4.73. The lowest BCUT2D eigenvalue weighted by Crippen LogP contribution is -2.13. The lowest BCUT2D eigenvalue weighted by molar-refractivity contribution is -0.384. The summed E-state index contributed by atoms with van der Waals surface area (Å²) in [5, 5.41) is 10.4. The molecular weight excluding hydrogens is 250 g/mol. The molecule has 0 saturated carbocycles. The molecule has 1 rings (SSSR count). The molecule has 1 aromatic rings. The third kappa shape index (κ3) is 4.70. The molecule has 0 aliphatic carbocycles. The van der Waals surface area contributed by atoms with Crippen LogP contribution in [0.15, 0.2) is 24.3 Å². The lowest BCUT2D eigenvalue weighted by atomic mass is 10.2. The molecule has 0 aromatic heterocycles. The molecule has 0 spiro atoms. The fourth-order valence-corrected chi connectivity index (χ4v) is 1.29. The third-order valence-corrected chi connectivity index (χ3v) is 2.25. The first-order chi connectivity index (χ1) is 7.99. The van der Waals surface area contributed by atoms with Gasteiger partial charge in [0.1, 0.15) is 12.4 Å². The van der Waals surface area contributed by atoms with E-state index in [0.717, 1.165) is 0 Å². The highest BCUT2D eigenvalue weighted by molar-refractivity contribution is 7.79. The van der Waals surface area contributed by atoms with Crippen molar-refractivity contribution in [1.29, 1.82) is 0 Å². The van der Waals surface area contributed by atoms with Crippen LogP contribution in [0.4, 0.5) is 5.69 Å². The average molecular weight is 258 g/mol. The van der Waals surface area contributed by atoms with E-state index in [2.05, 4.69) is 4.74 Å². The number of ether oxygens (including phenoxy) is 1. The van der Waals surface area contributed by atoms with Crippen LogP contribution in [0, 0.1) is 10.1 Å². The molecule has 0 aliphatic heterocycles. The molecule has 0 saturated heterocycles. The number of esters is 1. The van der Waals surface area contributed by atoms with Crippen molar-refractivity contribution in [2.45, 2.75) is 6.61 Å². The Morgan fingerprint density at radius 3 is 2.41 bits per heavy atom. The van der Waals surface area contributed by atoms with Crippen molar-refractivity contribution < 1.29 is 23.2 Å². The van der Waals surface area contributed by atoms with Gasteiger partial charge in [0, 0.05) is 12.1 Å². The van der Waals surface area contributed by atoms with Gasteiger partial charge in [0.15, 0.2) is 0 Å². The number of nitro benzene ring substituents is 1. The van der Waals surface area contributed by atoms with Crippen molar-refractivity contribution in [3.05, 3.63) is 39.9 Å². The van der Waals surface area contributed by atoms with E-state index in [0.29, 0.717) is 5.56 Å². The van der Waals surface area contributed by atoms with E-state index in [1.54, 1.807) is 0 Å². The highest BCUT2D eigenvalue weighted by Crippen LogP contribution is 2.12. The highest BCUT2D eigenvalue weighted by Gasteiger charge is 2.06. The van der Waals surface area contributed by atoms with Gasteiger partial charge in [-0.25, -0.2) is 0 Å². The largest absolute Gasteiger partial charge is 0.772 e. The lowest BCUT2D eigenvalue weighted by Gasteiger charge is -2.06. The SMILES string of the molecule is O=C(CS(=O)[O-])OCc1ccc([N+](=O)[O-])cc1. The Balaban J connectivity index is 2.50. The summed E-state index contributed by atoms with van der Waals surface area (Å²) >= 11 is -2.48. The molecule has 0 radical (unpaired) electrons. The highest BCUT2D eigenvalue weighted by atomic mass is 32.2. The van der Waals surface area contributed by atoms with Crippen molar-refractivity contribution >= 4 is 22.7 Å². The third-order valence-electron chi connectivity index (χ3n) is 1.78. The first-order valence-electron chi connectivity index (χ1n) is 4.44. The monoisotopic (exact) mass is 258 g/mol. The molecular formula is C9H8NO6S-. The van der Waals surface area contributed by atoms with Gasteiger partial charge in [0.25, 0.3) is 5.69 Å². The van der Waals surface area contributed by atoms with E-state index in [1.165, 1.54) is 24.3 Å². The zero-order valence-electron chi connectivity index (χ0n) is 8.53. The number of nitro groups is 1. The van der Waals surface area contributed by atoms with E-state index < -0.39 is 27.7 Å². The van der Waals surface area contributed by atoms with Gasteiger partial charge in [-0.15, -0.1) is 0 Å². The molecule has 92 valence electrons. The summed E-state index contributed by atoms with van der Waals surface area (Å²) in [6, 6.07) is 5.41. The number of carbonyl (C=O) groups is 1. The zero-order chi connectivity index (χ0) is 12.8. The Morgan fingerprint density at radius 1 is 1.35 bits per heavy atom. The smallest absolute Gasteiger partial charge is 0.317 e. The second kappa shape index (κ2) is 6.06. The predicted molar refractivity (Wildman–Crippen MR) is 56.7 cm³/mol. The molecule has 1 atom stereocenters. The second-order valence-electron chi connectivity index (χ2n) is 3.03. The standard InChI is InChI=1S/C9H9NO6S/c11-9(6-17(14)15)16-5-7-1-3-8(4-2-7)10(12)13/h1-4H,5-6H2,(H,14,15)/p-1. The number of hydrogen-bond acceptors (Lipinski definition) is 6. The Labute approximate surface area is 98.8 Å². The van der Waals surface area contributed by atoms with Gasteiger partial charge in [-0.2, -0.15) is 0 Å². The quantitative estimate of drug-likeness (QED) is 0.329. The van der Waals surface area contributed by atoms with E-state index in [1.807, 2.05) is 0 Å². The maximum absolute atomic E-state index is 10.9. The van der Waals surface area contributed by atoms with Gasteiger partial charge in [0.05, 0.1) is 4.92 Å². The van der Waals surface area contributed by atoms with Crippen LogP contribution in [-0.4, -0.2) is 25.4 Å². The van der Waals surface area contributed by atoms with E-state index >= 15 is 0 Å². The predicted octanol–water partition coefficient (Wildman–Crippen LogP) is 0.517. The van der Waals surface area contributed by atoms with Crippen LogP contribution in [-0.2, 0) is 27.2 Å². The first kappa shape index (κ1) is 13.3. The molecule has 0 aliphatic rings. The molecule has 1 unspecified atom stereocenters. The summed E-state index contributed by atoms with van der Waals surface area (Å²) in [7, 11) is 0. The van der Waals surface area contributed by atoms with Crippen molar-refractivity contribution in [2.75, 3.05) is 5.75 Å². The van der Waals surface area contributed by atoms with Crippen LogP contribution in [0.5, 0.6) is 0 Å². The molecule has 1 aromatic carbocycles. The Bertz CT molecular complexity index is 443. The van der Waals surface area contributed by atoms with Gasteiger partial charge in [0.2, 0.25) is 0 Å². The summed E-state index contributed by atoms with van der Waals surface area (Å²) in [5.74, 6) is -1.57. The minimum absolute atomic E-state index is 0.0688. The Morgan fingerprint density at radius 2 is 1.94 bits per heavy atom. The van der Waals surface area contributed by atoms with Crippen molar-refractivity contribution in [1.82, 2.24) is 0 Å². The second-order valence-corrected chi connectivity index (χ2v) is 3.93. The van der Waals surface area contributed by atoms with E-state index in [4.69, 9.17) is 0 Å². The zero-order valence-corrected chi connectivity index (χ0v) is 9.35. The van der Waals surface area contributed by atoms with Gasteiger partial charge in [-0.05, 0) is 28.8 Å². The van der Waals surface area contributed by atoms with E-state index in [-0.39, 0.29) is 12.3 Å². The van der Waals surface area contributed by atoms with Crippen LogP contribution < -0.4 is 0 Å². The first-order valence-corrected chi connectivity index (χ1v) is 5.68. The summed E-state index contributed by atoms with van der Waals surface area (Å²) in [4.78, 5) is 20.7. The number of non-ortho nitro benzene ring substituents is 1. The topological polar surface area (TPSA) is 110 Å².